The summed E-state index contributed by atoms with van der Waals surface area (Å²) in [5.41, 5.74) is 2.48. The molecule has 1 aliphatic heterocycles. The first-order valence-corrected chi connectivity index (χ1v) is 16.8. The van der Waals surface area contributed by atoms with Gasteiger partial charge in [-0.15, -0.1) is 5.10 Å². The van der Waals surface area contributed by atoms with Gasteiger partial charge in [0, 0.05) is 50.8 Å². The highest BCUT2D eigenvalue weighted by molar-refractivity contribution is 6.32. The topological polar surface area (TPSA) is 127 Å². The van der Waals surface area contributed by atoms with Crippen molar-refractivity contribution >= 4 is 23.2 Å². The van der Waals surface area contributed by atoms with Crippen LogP contribution in [0, 0.1) is 0 Å². The summed E-state index contributed by atoms with van der Waals surface area (Å²) in [6, 6.07) is 6.59. The third-order valence-corrected chi connectivity index (χ3v) is 9.00. The smallest absolute Gasteiger partial charge is 0.256 e. The number of unbranched alkanes of at least 4 members (excludes halogenated alkanes) is 1. The Balaban J connectivity index is 1.11. The van der Waals surface area contributed by atoms with E-state index in [9.17, 15) is 0 Å². The molecule has 1 aromatic carbocycles. The summed E-state index contributed by atoms with van der Waals surface area (Å²) in [4.78, 5) is 15.8. The fourth-order valence-electron chi connectivity index (χ4n) is 6.18. The van der Waals surface area contributed by atoms with Crippen LogP contribution in [0.1, 0.15) is 51.5 Å². The van der Waals surface area contributed by atoms with Gasteiger partial charge in [-0.25, -0.2) is 19.6 Å². The van der Waals surface area contributed by atoms with Crippen molar-refractivity contribution in [2.24, 2.45) is 0 Å². The Bertz CT molecular complexity index is 1520. The second kappa shape index (κ2) is 16.4. The first kappa shape index (κ1) is 33.1. The number of ether oxygens (including phenoxy) is 4. The molecule has 4 aromatic rings. The number of hydrogen-bond acceptors (Lipinski definition) is 11. The van der Waals surface area contributed by atoms with E-state index >= 15 is 0 Å². The summed E-state index contributed by atoms with van der Waals surface area (Å²) in [6.45, 7) is 7.50. The Labute approximate surface area is 280 Å². The monoisotopic (exact) mass is 665 g/mol. The molecule has 0 spiro atoms. The average Bonchev–Trinajstić information content (AvgIpc) is 3.76. The number of rotatable bonds is 15. The lowest BCUT2D eigenvalue weighted by molar-refractivity contribution is 0.00503. The first-order valence-electron chi connectivity index (χ1n) is 16.5. The number of nitrogens with one attached hydrogen (secondary N) is 1. The van der Waals surface area contributed by atoms with Crippen LogP contribution in [0.25, 0.3) is 11.1 Å². The van der Waals surface area contributed by atoms with E-state index < -0.39 is 0 Å². The molecule has 0 radical (unpaired) electrons. The summed E-state index contributed by atoms with van der Waals surface area (Å²) in [7, 11) is 1.71. The molecule has 0 amide bonds. The quantitative estimate of drug-likeness (QED) is 0.164. The van der Waals surface area contributed by atoms with Gasteiger partial charge < -0.3 is 24.3 Å². The molecular formula is C33H44ClN9O4. The minimum absolute atomic E-state index is 0.163. The molecule has 1 atom stereocenters. The Morgan fingerprint density at radius 2 is 1.79 bits per heavy atom. The number of halogens is 1. The minimum atomic E-state index is -0.163. The maximum Gasteiger partial charge on any atom is 0.256 e. The summed E-state index contributed by atoms with van der Waals surface area (Å²) in [5.74, 6) is 1.60. The predicted octanol–water partition coefficient (Wildman–Crippen LogP) is 5.42. The van der Waals surface area contributed by atoms with Crippen molar-refractivity contribution in [1.82, 2.24) is 39.4 Å². The Hall–Kier alpha value is -3.78. The molecule has 6 rings (SSSR count). The largest absolute Gasteiger partial charge is 0.487 e. The second-order valence-corrected chi connectivity index (χ2v) is 12.5. The average molecular weight is 666 g/mol. The molecule has 1 N–H and O–H groups in total. The Morgan fingerprint density at radius 3 is 2.53 bits per heavy atom. The SMILES string of the molecule is COCCCCOc1nn([C@H]2CC[C@H](N3CCOCC3)CC2)cc1Nc1ncc(-c2ccc(Cl)c(O[C@@H](C)Cn3cncn3)c2)cn1. The summed E-state index contributed by atoms with van der Waals surface area (Å²) < 4.78 is 26.8. The van der Waals surface area contributed by atoms with Gasteiger partial charge in [0.15, 0.2) is 0 Å². The predicted molar refractivity (Wildman–Crippen MR) is 178 cm³/mol. The first-order chi connectivity index (χ1) is 23.1. The van der Waals surface area contributed by atoms with Crippen molar-refractivity contribution in [3.8, 4) is 22.8 Å². The van der Waals surface area contributed by atoms with Gasteiger partial charge >= 0.3 is 0 Å². The number of methoxy groups -OCH3 is 1. The van der Waals surface area contributed by atoms with Crippen LogP contribution in [0.4, 0.5) is 11.6 Å². The number of benzene rings is 1. The van der Waals surface area contributed by atoms with Crippen LogP contribution >= 0.6 is 11.6 Å². The standard InChI is InChI=1S/C33H44ClN9O4/c1-24(20-42-23-35-22-38-42)47-31-17-25(5-10-29(31)34)26-18-36-33(37-19-26)39-30-21-43(40-32(30)46-14-4-3-13-44-2)28-8-6-27(7-9-28)41-11-15-45-16-12-41/h5,10,17-19,21-24,27-28H,3-4,6-9,11-16,20H2,1-2H3,(H,36,37,39)/t24-,27-,28-/m0/s1. The van der Waals surface area contributed by atoms with Gasteiger partial charge in [0.25, 0.3) is 5.88 Å². The third-order valence-electron chi connectivity index (χ3n) is 8.68. The van der Waals surface area contributed by atoms with Crippen LogP contribution in [-0.4, -0.2) is 98.2 Å². The van der Waals surface area contributed by atoms with Gasteiger partial charge in [-0.1, -0.05) is 17.7 Å². The van der Waals surface area contributed by atoms with Gasteiger partial charge in [-0.05, 0) is 63.1 Å². The molecule has 13 nitrogen and oxygen atoms in total. The van der Waals surface area contributed by atoms with Crippen molar-refractivity contribution in [2.45, 2.75) is 70.2 Å². The number of morpholine rings is 1. The molecule has 252 valence electrons. The van der Waals surface area contributed by atoms with Gasteiger partial charge in [0.1, 0.15) is 30.2 Å². The van der Waals surface area contributed by atoms with Crippen molar-refractivity contribution in [2.75, 3.05) is 51.9 Å². The lowest BCUT2D eigenvalue weighted by atomic mass is 9.90. The van der Waals surface area contributed by atoms with E-state index in [1.165, 1.54) is 6.33 Å². The molecular weight excluding hydrogens is 622 g/mol. The highest BCUT2D eigenvalue weighted by Crippen LogP contribution is 2.35. The number of aromatic nitrogens is 7. The molecule has 47 heavy (non-hydrogen) atoms. The van der Waals surface area contributed by atoms with Crippen molar-refractivity contribution in [3.63, 3.8) is 0 Å². The fourth-order valence-corrected chi connectivity index (χ4v) is 6.34. The molecule has 0 bridgehead atoms. The Kier molecular flexibility index (Phi) is 11.5. The third kappa shape index (κ3) is 8.98. The zero-order valence-corrected chi connectivity index (χ0v) is 27.9. The van der Waals surface area contributed by atoms with E-state index in [4.69, 9.17) is 35.6 Å². The maximum atomic E-state index is 6.47. The van der Waals surface area contributed by atoms with Crippen LogP contribution < -0.4 is 14.8 Å². The van der Waals surface area contributed by atoms with Crippen LogP contribution in [0.5, 0.6) is 11.6 Å². The number of anilines is 2. The van der Waals surface area contributed by atoms with Crippen molar-refractivity contribution < 1.29 is 18.9 Å². The van der Waals surface area contributed by atoms with Crippen molar-refractivity contribution in [1.29, 1.82) is 0 Å². The van der Waals surface area contributed by atoms with Crippen LogP contribution in [0.3, 0.4) is 0 Å². The minimum Gasteiger partial charge on any atom is -0.487 e. The van der Waals surface area contributed by atoms with Gasteiger partial charge in [0.2, 0.25) is 5.95 Å². The van der Waals surface area contributed by atoms with E-state index in [-0.39, 0.29) is 6.10 Å². The molecule has 1 aliphatic carbocycles. The van der Waals surface area contributed by atoms with Crippen molar-refractivity contribution in [3.05, 3.63) is 54.5 Å². The van der Waals surface area contributed by atoms with Gasteiger partial charge in [-0.2, -0.15) is 5.10 Å². The molecule has 2 fully saturated rings. The Morgan fingerprint density at radius 1 is 1.02 bits per heavy atom. The zero-order chi connectivity index (χ0) is 32.4. The lowest BCUT2D eigenvalue weighted by Gasteiger charge is -2.38. The van der Waals surface area contributed by atoms with E-state index in [1.54, 1.807) is 30.5 Å². The molecule has 0 unspecified atom stereocenters. The zero-order valence-electron chi connectivity index (χ0n) is 27.1. The number of hydrogen-bond donors (Lipinski definition) is 1. The normalized spacial score (nSPS) is 19.4. The summed E-state index contributed by atoms with van der Waals surface area (Å²) in [5, 5.41) is 12.9. The van der Waals surface area contributed by atoms with Gasteiger partial charge in [-0.3, -0.25) is 9.58 Å². The maximum absolute atomic E-state index is 6.47. The van der Waals surface area contributed by atoms with E-state index in [2.05, 4.69) is 34.9 Å². The molecule has 14 heteroatoms. The molecule has 4 heterocycles. The number of nitrogens with zero attached hydrogens (tertiary/aromatic N) is 8. The summed E-state index contributed by atoms with van der Waals surface area (Å²) in [6.07, 6.45) is 14.9. The molecule has 1 saturated heterocycles. The van der Waals surface area contributed by atoms with Crippen LogP contribution in [0.2, 0.25) is 5.02 Å². The fraction of sp³-hybridized carbons (Fsp3) is 0.545. The van der Waals surface area contributed by atoms with E-state index in [1.807, 2.05) is 31.3 Å². The second-order valence-electron chi connectivity index (χ2n) is 12.1. The molecule has 3 aromatic heterocycles. The highest BCUT2D eigenvalue weighted by atomic mass is 35.5. The van der Waals surface area contributed by atoms with Crippen LogP contribution in [0.15, 0.2) is 49.4 Å². The molecule has 2 aliphatic rings. The molecule has 1 saturated carbocycles. The lowest BCUT2D eigenvalue weighted by Crippen LogP contribution is -2.45. The van der Waals surface area contributed by atoms with Crippen LogP contribution in [-0.2, 0) is 16.0 Å². The summed E-state index contributed by atoms with van der Waals surface area (Å²) >= 11 is 6.47. The highest BCUT2D eigenvalue weighted by Gasteiger charge is 2.29. The van der Waals surface area contributed by atoms with E-state index in [0.717, 1.165) is 81.6 Å². The van der Waals surface area contributed by atoms with Gasteiger partial charge in [0.05, 0.1) is 43.6 Å². The van der Waals surface area contributed by atoms with E-state index in [0.29, 0.717) is 54.4 Å².